The molecule has 1 aliphatic heterocycles. The number of carbonyl (C=O) groups is 1. The monoisotopic (exact) mass is 529 g/mol. The highest BCUT2D eigenvalue weighted by Gasteiger charge is 2.33. The zero-order valence-electron chi connectivity index (χ0n) is 22.6. The van der Waals surface area contributed by atoms with Crippen LogP contribution in [0.3, 0.4) is 0 Å². The van der Waals surface area contributed by atoms with Crippen LogP contribution >= 0.6 is 0 Å². The van der Waals surface area contributed by atoms with E-state index in [-0.39, 0.29) is 24.5 Å². The highest BCUT2D eigenvalue weighted by Crippen LogP contribution is 2.32. The summed E-state index contributed by atoms with van der Waals surface area (Å²) in [4.78, 5) is 18.6. The third kappa shape index (κ3) is 5.24. The van der Waals surface area contributed by atoms with Crippen LogP contribution in [0.5, 0.6) is 11.5 Å². The number of nitrogen functional groups attached to an aromatic ring is 1. The van der Waals surface area contributed by atoms with Crippen molar-refractivity contribution in [3.63, 3.8) is 0 Å². The number of nitriles is 1. The first kappa shape index (κ1) is 26.1. The fourth-order valence-electron chi connectivity index (χ4n) is 4.48. The molecule has 1 fully saturated rings. The van der Waals surface area contributed by atoms with Gasteiger partial charge in [0.05, 0.1) is 36.2 Å². The van der Waals surface area contributed by atoms with Gasteiger partial charge in [-0.2, -0.15) is 10.4 Å². The molecule has 5 rings (SSSR count). The van der Waals surface area contributed by atoms with Gasteiger partial charge in [-0.3, -0.25) is 0 Å². The molecule has 0 saturated carbocycles. The maximum atomic E-state index is 12.6. The topological polar surface area (TPSA) is 133 Å². The summed E-state index contributed by atoms with van der Waals surface area (Å²) in [5.41, 5.74) is 9.74. The molecule has 1 saturated heterocycles. The number of amides is 1. The molecule has 202 valence electrons. The van der Waals surface area contributed by atoms with Crippen molar-refractivity contribution < 1.29 is 19.0 Å². The van der Waals surface area contributed by atoms with Crippen molar-refractivity contribution in [3.05, 3.63) is 59.5 Å². The minimum absolute atomic E-state index is 0.194. The second-order valence-electron chi connectivity index (χ2n) is 10.5. The first-order valence-electron chi connectivity index (χ1n) is 12.6. The van der Waals surface area contributed by atoms with E-state index in [9.17, 15) is 10.1 Å². The summed E-state index contributed by atoms with van der Waals surface area (Å²) in [6.07, 6.45) is 0.713. The zero-order chi connectivity index (χ0) is 27.9. The van der Waals surface area contributed by atoms with E-state index in [0.29, 0.717) is 29.4 Å². The third-order valence-corrected chi connectivity index (χ3v) is 6.41. The number of hydrogen-bond acceptors (Lipinski definition) is 8. The molecule has 2 aromatic heterocycles. The van der Waals surface area contributed by atoms with Gasteiger partial charge in [0.1, 0.15) is 46.3 Å². The summed E-state index contributed by atoms with van der Waals surface area (Å²) in [7, 11) is 1.94. The van der Waals surface area contributed by atoms with Crippen LogP contribution in [0.4, 0.5) is 10.6 Å². The number of anilines is 1. The van der Waals surface area contributed by atoms with Gasteiger partial charge in [0.15, 0.2) is 0 Å². The Kier molecular flexibility index (Phi) is 6.66. The van der Waals surface area contributed by atoms with Gasteiger partial charge in [-0.25, -0.2) is 14.5 Å². The van der Waals surface area contributed by atoms with Crippen molar-refractivity contribution in [2.45, 2.75) is 39.4 Å². The van der Waals surface area contributed by atoms with Crippen LogP contribution in [0, 0.1) is 18.3 Å². The molecule has 0 aliphatic carbocycles. The maximum absolute atomic E-state index is 12.6. The summed E-state index contributed by atoms with van der Waals surface area (Å²) in [6.45, 7) is 8.25. The number of imidazole rings is 1. The van der Waals surface area contributed by atoms with E-state index in [2.05, 4.69) is 16.2 Å². The van der Waals surface area contributed by atoms with Crippen LogP contribution in [-0.2, 0) is 16.5 Å². The van der Waals surface area contributed by atoms with E-state index in [1.165, 1.54) is 4.68 Å². The average Bonchev–Trinajstić information content (AvgIpc) is 3.43. The predicted octanol–water partition coefficient (Wildman–Crippen LogP) is 4.62. The molecule has 2 N–H and O–H groups in total. The second-order valence-corrected chi connectivity index (χ2v) is 10.5. The quantitative estimate of drug-likeness (QED) is 0.405. The molecule has 1 aliphatic rings. The zero-order valence-corrected chi connectivity index (χ0v) is 22.6. The van der Waals surface area contributed by atoms with Crippen molar-refractivity contribution in [2.24, 2.45) is 7.05 Å². The van der Waals surface area contributed by atoms with Crippen molar-refractivity contribution in [1.82, 2.24) is 24.2 Å². The van der Waals surface area contributed by atoms with E-state index in [1.54, 1.807) is 11.2 Å². The summed E-state index contributed by atoms with van der Waals surface area (Å²) in [6, 6.07) is 13.5. The van der Waals surface area contributed by atoms with Gasteiger partial charge in [-0.1, -0.05) is 0 Å². The van der Waals surface area contributed by atoms with Crippen LogP contribution in [0.15, 0.2) is 42.7 Å². The molecule has 1 amide bonds. The van der Waals surface area contributed by atoms with Gasteiger partial charge in [0.25, 0.3) is 0 Å². The fraction of sp³-hybridized carbons (Fsp3) is 0.357. The molecule has 2 aromatic carbocycles. The highest BCUT2D eigenvalue weighted by atomic mass is 16.6. The highest BCUT2D eigenvalue weighted by molar-refractivity contribution is 5.77. The van der Waals surface area contributed by atoms with Crippen LogP contribution < -0.4 is 10.5 Å². The molecule has 0 spiro atoms. The summed E-state index contributed by atoms with van der Waals surface area (Å²) in [5, 5.41) is 14.5. The Hall–Kier alpha value is -4.56. The Morgan fingerprint density at radius 2 is 2.03 bits per heavy atom. The lowest BCUT2D eigenvalue weighted by Gasteiger charge is -2.33. The molecule has 1 unspecified atom stereocenters. The number of ether oxygens (including phenoxy) is 3. The van der Waals surface area contributed by atoms with Crippen LogP contribution in [0.2, 0.25) is 0 Å². The van der Waals surface area contributed by atoms with Crippen LogP contribution in [-0.4, -0.2) is 55.6 Å². The number of aromatic nitrogens is 4. The van der Waals surface area contributed by atoms with Gasteiger partial charge in [0.2, 0.25) is 0 Å². The molecule has 11 nitrogen and oxygen atoms in total. The Labute approximate surface area is 226 Å². The fourth-order valence-corrected chi connectivity index (χ4v) is 4.48. The number of aryl methyl sites for hydroxylation is 2. The van der Waals surface area contributed by atoms with Crippen molar-refractivity contribution in [1.29, 1.82) is 5.26 Å². The standard InChI is InChI=1S/C28H31N7O4/c1-17-12-18(6-9-23(17)38-19-7-8-22-21(13-19)31-16-33(22)5)35-26(30)20(14-29)25(32-35)24-15-34(10-11-37-24)27(36)39-28(2,3)4/h6-9,12-13,16,24H,10-11,15,30H2,1-5H3. The number of rotatable bonds is 4. The van der Waals surface area contributed by atoms with Crippen LogP contribution in [0.25, 0.3) is 16.7 Å². The average molecular weight is 530 g/mol. The van der Waals surface area contributed by atoms with E-state index in [4.69, 9.17) is 19.9 Å². The molecule has 11 heteroatoms. The number of fused-ring (bicyclic) bond motifs is 1. The third-order valence-electron chi connectivity index (χ3n) is 6.41. The lowest BCUT2D eigenvalue weighted by Crippen LogP contribution is -2.44. The summed E-state index contributed by atoms with van der Waals surface area (Å²) >= 11 is 0. The molecule has 3 heterocycles. The Bertz CT molecular complexity index is 1590. The van der Waals surface area contributed by atoms with Gasteiger partial charge < -0.3 is 29.4 Å². The molecule has 0 bridgehead atoms. The Morgan fingerprint density at radius 3 is 2.74 bits per heavy atom. The van der Waals surface area contributed by atoms with E-state index >= 15 is 0 Å². The predicted molar refractivity (Wildman–Crippen MR) is 145 cm³/mol. The van der Waals surface area contributed by atoms with Gasteiger partial charge in [-0.15, -0.1) is 0 Å². The SMILES string of the molecule is Cc1cc(-n2nc(C3CN(C(=O)OC(C)(C)C)CCO3)c(C#N)c2N)ccc1Oc1ccc2c(c1)ncn2C. The summed E-state index contributed by atoms with van der Waals surface area (Å²) in [5.74, 6) is 1.54. The van der Waals surface area contributed by atoms with Crippen LogP contribution in [0.1, 0.15) is 43.7 Å². The molecule has 4 aromatic rings. The second kappa shape index (κ2) is 9.96. The minimum atomic E-state index is -0.617. The molecule has 39 heavy (non-hydrogen) atoms. The van der Waals surface area contributed by atoms with Gasteiger partial charge in [0, 0.05) is 19.7 Å². The first-order valence-corrected chi connectivity index (χ1v) is 12.6. The van der Waals surface area contributed by atoms with Crippen molar-refractivity contribution in [2.75, 3.05) is 25.4 Å². The van der Waals surface area contributed by atoms with Crippen molar-refractivity contribution >= 4 is 22.9 Å². The molecule has 0 radical (unpaired) electrons. The number of hydrogen-bond donors (Lipinski definition) is 1. The van der Waals surface area contributed by atoms with E-state index < -0.39 is 17.8 Å². The van der Waals surface area contributed by atoms with Gasteiger partial charge >= 0.3 is 6.09 Å². The Balaban J connectivity index is 1.39. The smallest absolute Gasteiger partial charge is 0.410 e. The molecular formula is C28H31N7O4. The number of nitrogens with two attached hydrogens (primary N) is 1. The number of benzene rings is 2. The molecular weight excluding hydrogens is 498 g/mol. The normalized spacial score (nSPS) is 15.8. The summed E-state index contributed by atoms with van der Waals surface area (Å²) < 4.78 is 21.0. The maximum Gasteiger partial charge on any atom is 0.410 e. The lowest BCUT2D eigenvalue weighted by atomic mass is 10.1. The first-order chi connectivity index (χ1) is 18.5. The number of carbonyl (C=O) groups excluding carboxylic acids is 1. The minimum Gasteiger partial charge on any atom is -0.457 e. The lowest BCUT2D eigenvalue weighted by molar-refractivity contribution is -0.0448. The number of nitrogens with zero attached hydrogens (tertiary/aromatic N) is 6. The van der Waals surface area contributed by atoms with Gasteiger partial charge in [-0.05, 0) is 63.6 Å². The largest absolute Gasteiger partial charge is 0.457 e. The Morgan fingerprint density at radius 1 is 1.23 bits per heavy atom. The van der Waals surface area contributed by atoms with E-state index in [0.717, 1.165) is 16.6 Å². The number of morpholine rings is 1. The molecule has 1 atom stereocenters. The van der Waals surface area contributed by atoms with Crippen molar-refractivity contribution in [3.8, 4) is 23.3 Å². The van der Waals surface area contributed by atoms with E-state index in [1.807, 2.05) is 75.7 Å².